The van der Waals surface area contributed by atoms with E-state index in [1.54, 1.807) is 0 Å². The van der Waals surface area contributed by atoms with E-state index in [9.17, 15) is 0 Å². The third kappa shape index (κ3) is 2.96. The van der Waals surface area contributed by atoms with Gasteiger partial charge in [-0.15, -0.1) is 0 Å². The van der Waals surface area contributed by atoms with Crippen LogP contribution in [0.25, 0.3) is 0 Å². The summed E-state index contributed by atoms with van der Waals surface area (Å²) in [5, 5.41) is 0. The first-order valence-electron chi connectivity index (χ1n) is 8.67. The van der Waals surface area contributed by atoms with Gasteiger partial charge in [0.1, 0.15) is 0 Å². The van der Waals surface area contributed by atoms with Gasteiger partial charge in [-0.1, -0.05) is 39.8 Å². The van der Waals surface area contributed by atoms with E-state index in [1.807, 2.05) is 0 Å². The van der Waals surface area contributed by atoms with Crippen molar-refractivity contribution in [3.63, 3.8) is 0 Å². The summed E-state index contributed by atoms with van der Waals surface area (Å²) in [6.07, 6.45) is 2.76. The van der Waals surface area contributed by atoms with Crippen molar-refractivity contribution >= 4 is 5.69 Å². The van der Waals surface area contributed by atoms with E-state index >= 15 is 0 Å². The van der Waals surface area contributed by atoms with E-state index in [0.29, 0.717) is 17.9 Å². The summed E-state index contributed by atoms with van der Waals surface area (Å²) in [5.74, 6) is 1.31. The number of anilines is 1. The van der Waals surface area contributed by atoms with E-state index < -0.39 is 0 Å². The lowest BCUT2D eigenvalue weighted by Crippen LogP contribution is -2.58. The highest BCUT2D eigenvalue weighted by atomic mass is 15.3. The molecule has 0 amide bonds. The van der Waals surface area contributed by atoms with Crippen LogP contribution in [0.5, 0.6) is 0 Å². The normalized spacial score (nSPS) is 26.7. The molecule has 2 heteroatoms. The number of fused-ring (bicyclic) bond motifs is 1. The van der Waals surface area contributed by atoms with Crippen LogP contribution in [0.3, 0.4) is 0 Å². The number of rotatable bonds is 3. The molecule has 0 N–H and O–H groups in total. The zero-order valence-corrected chi connectivity index (χ0v) is 14.0. The molecule has 2 aliphatic rings. The van der Waals surface area contributed by atoms with Crippen LogP contribution in [0.2, 0.25) is 0 Å². The van der Waals surface area contributed by atoms with E-state index in [0.717, 1.165) is 6.04 Å². The summed E-state index contributed by atoms with van der Waals surface area (Å²) in [5.41, 5.74) is 2.90. The Morgan fingerprint density at radius 1 is 1.10 bits per heavy atom. The molecular weight excluding hydrogens is 256 g/mol. The minimum atomic E-state index is 0.607. The van der Waals surface area contributed by atoms with Gasteiger partial charge in [0.2, 0.25) is 0 Å². The molecule has 3 rings (SSSR count). The van der Waals surface area contributed by atoms with E-state index in [1.165, 1.54) is 43.7 Å². The van der Waals surface area contributed by atoms with Crippen LogP contribution in [0.15, 0.2) is 24.3 Å². The Morgan fingerprint density at radius 3 is 2.62 bits per heavy atom. The maximum absolute atomic E-state index is 2.73. The van der Waals surface area contributed by atoms with Gasteiger partial charge in [-0.25, -0.2) is 0 Å². The first-order valence-corrected chi connectivity index (χ1v) is 8.67. The highest BCUT2D eigenvalue weighted by molar-refractivity contribution is 5.51. The molecule has 0 radical (unpaired) electrons. The van der Waals surface area contributed by atoms with Crippen LogP contribution in [0.1, 0.15) is 52.0 Å². The average molecular weight is 286 g/mol. The Morgan fingerprint density at radius 2 is 1.90 bits per heavy atom. The molecule has 0 aliphatic carbocycles. The van der Waals surface area contributed by atoms with Crippen molar-refractivity contribution in [1.82, 2.24) is 4.90 Å². The first-order chi connectivity index (χ1) is 10.1. The predicted molar refractivity (Wildman–Crippen MR) is 91.1 cm³/mol. The molecule has 116 valence electrons. The minimum absolute atomic E-state index is 0.607. The fourth-order valence-corrected chi connectivity index (χ4v) is 3.97. The van der Waals surface area contributed by atoms with Crippen LogP contribution in [0, 0.1) is 5.92 Å². The molecule has 21 heavy (non-hydrogen) atoms. The lowest BCUT2D eigenvalue weighted by atomic mass is 9.95. The maximum atomic E-state index is 2.73. The van der Waals surface area contributed by atoms with Gasteiger partial charge in [0.25, 0.3) is 0 Å². The molecule has 2 atom stereocenters. The maximum Gasteiger partial charge on any atom is 0.0440 e. The summed E-state index contributed by atoms with van der Waals surface area (Å²) < 4.78 is 0. The van der Waals surface area contributed by atoms with Crippen molar-refractivity contribution in [2.75, 3.05) is 24.5 Å². The molecule has 2 unspecified atom stereocenters. The Kier molecular flexibility index (Phi) is 4.26. The van der Waals surface area contributed by atoms with Crippen molar-refractivity contribution in [3.05, 3.63) is 29.8 Å². The van der Waals surface area contributed by atoms with E-state index in [-0.39, 0.29) is 0 Å². The molecule has 0 spiro atoms. The molecule has 2 fully saturated rings. The van der Waals surface area contributed by atoms with Crippen LogP contribution in [-0.2, 0) is 0 Å². The van der Waals surface area contributed by atoms with Crippen LogP contribution >= 0.6 is 0 Å². The van der Waals surface area contributed by atoms with E-state index in [4.69, 9.17) is 0 Å². The molecule has 1 aromatic carbocycles. The quantitative estimate of drug-likeness (QED) is 0.824. The van der Waals surface area contributed by atoms with E-state index in [2.05, 4.69) is 61.8 Å². The smallest absolute Gasteiger partial charge is 0.0440 e. The zero-order chi connectivity index (χ0) is 15.0. The fourth-order valence-electron chi connectivity index (χ4n) is 3.97. The highest BCUT2D eigenvalue weighted by Crippen LogP contribution is 2.32. The van der Waals surface area contributed by atoms with Crippen molar-refractivity contribution in [2.45, 2.75) is 58.5 Å². The molecule has 2 heterocycles. The van der Waals surface area contributed by atoms with Gasteiger partial charge in [-0.05, 0) is 48.9 Å². The standard InChI is InChI=1S/C19H30N2/c1-14(2)16-7-5-8-17(11-16)21-12-18-9-6-10-20(18)13-19(21)15(3)4/h5,7-8,11,14-15,18-19H,6,9-10,12-13H2,1-4H3. The summed E-state index contributed by atoms with van der Waals surface area (Å²) >= 11 is 0. The van der Waals surface area contributed by atoms with Crippen LogP contribution in [0.4, 0.5) is 5.69 Å². The van der Waals surface area contributed by atoms with Gasteiger partial charge >= 0.3 is 0 Å². The second-order valence-corrected chi connectivity index (χ2v) is 7.50. The molecule has 2 aliphatic heterocycles. The Balaban J connectivity index is 1.88. The van der Waals surface area contributed by atoms with Crippen LogP contribution in [-0.4, -0.2) is 36.6 Å². The molecule has 0 aromatic heterocycles. The minimum Gasteiger partial charge on any atom is -0.365 e. The summed E-state index contributed by atoms with van der Waals surface area (Å²) in [6, 6.07) is 10.7. The third-order valence-electron chi connectivity index (χ3n) is 5.37. The van der Waals surface area contributed by atoms with Crippen molar-refractivity contribution < 1.29 is 0 Å². The SMILES string of the molecule is CC(C)c1cccc(N2CC3CCCN3CC2C(C)C)c1. The summed E-state index contributed by atoms with van der Waals surface area (Å²) in [7, 11) is 0. The zero-order valence-electron chi connectivity index (χ0n) is 14.0. The van der Waals surface area contributed by atoms with Gasteiger partial charge in [0, 0.05) is 30.9 Å². The molecule has 1 aromatic rings. The molecule has 0 saturated carbocycles. The third-order valence-corrected chi connectivity index (χ3v) is 5.37. The highest BCUT2D eigenvalue weighted by Gasteiger charge is 2.37. The molecule has 0 bridgehead atoms. The Labute approximate surface area is 130 Å². The number of benzene rings is 1. The topological polar surface area (TPSA) is 6.48 Å². The molecule has 2 nitrogen and oxygen atoms in total. The number of hydrogen-bond donors (Lipinski definition) is 0. The van der Waals surface area contributed by atoms with Crippen LogP contribution < -0.4 is 4.90 Å². The van der Waals surface area contributed by atoms with Gasteiger partial charge in [0.05, 0.1) is 0 Å². The predicted octanol–water partition coefficient (Wildman–Crippen LogP) is 4.12. The van der Waals surface area contributed by atoms with Gasteiger partial charge in [-0.3, -0.25) is 4.90 Å². The first kappa shape index (κ1) is 14.9. The van der Waals surface area contributed by atoms with Gasteiger partial charge in [0.15, 0.2) is 0 Å². The fraction of sp³-hybridized carbons (Fsp3) is 0.684. The van der Waals surface area contributed by atoms with Crippen molar-refractivity contribution in [3.8, 4) is 0 Å². The molecule has 2 saturated heterocycles. The summed E-state index contributed by atoms with van der Waals surface area (Å²) in [6.45, 7) is 13.1. The summed E-state index contributed by atoms with van der Waals surface area (Å²) in [4.78, 5) is 5.43. The largest absolute Gasteiger partial charge is 0.365 e. The Hall–Kier alpha value is -1.02. The number of hydrogen-bond acceptors (Lipinski definition) is 2. The Bertz CT molecular complexity index is 480. The number of piperazine rings is 1. The van der Waals surface area contributed by atoms with Crippen molar-refractivity contribution in [2.24, 2.45) is 5.92 Å². The lowest BCUT2D eigenvalue weighted by Gasteiger charge is -2.47. The second kappa shape index (κ2) is 6.00. The van der Waals surface area contributed by atoms with Gasteiger partial charge in [-0.2, -0.15) is 0 Å². The monoisotopic (exact) mass is 286 g/mol. The molecular formula is C19H30N2. The average Bonchev–Trinajstić information content (AvgIpc) is 2.93. The number of nitrogens with zero attached hydrogens (tertiary/aromatic N) is 2. The second-order valence-electron chi connectivity index (χ2n) is 7.50. The van der Waals surface area contributed by atoms with Gasteiger partial charge < -0.3 is 4.90 Å². The van der Waals surface area contributed by atoms with Crippen molar-refractivity contribution in [1.29, 1.82) is 0 Å². The lowest BCUT2D eigenvalue weighted by molar-refractivity contribution is 0.176.